The fourth-order valence-corrected chi connectivity index (χ4v) is 5.75. The lowest BCUT2D eigenvalue weighted by Gasteiger charge is -2.32. The minimum absolute atomic E-state index is 0.0493. The van der Waals surface area contributed by atoms with Gasteiger partial charge in [-0.2, -0.15) is 0 Å². The second-order valence-electron chi connectivity index (χ2n) is 9.92. The van der Waals surface area contributed by atoms with Crippen molar-refractivity contribution in [3.63, 3.8) is 0 Å². The number of carbonyl (C=O) groups excluding carboxylic acids is 2. The summed E-state index contributed by atoms with van der Waals surface area (Å²) in [6.07, 6.45) is 3.54. The van der Waals surface area contributed by atoms with Crippen molar-refractivity contribution in [1.29, 1.82) is 0 Å². The maximum absolute atomic E-state index is 13.8. The molecule has 7 nitrogen and oxygen atoms in total. The van der Waals surface area contributed by atoms with E-state index >= 15 is 0 Å². The van der Waals surface area contributed by atoms with Crippen molar-refractivity contribution in [1.82, 2.24) is 10.2 Å². The van der Waals surface area contributed by atoms with Crippen LogP contribution in [0.4, 0.5) is 5.69 Å². The summed E-state index contributed by atoms with van der Waals surface area (Å²) in [6.45, 7) is 2.87. The highest BCUT2D eigenvalue weighted by molar-refractivity contribution is 7.92. The fourth-order valence-electron chi connectivity index (χ4n) is 4.48. The summed E-state index contributed by atoms with van der Waals surface area (Å²) in [4.78, 5) is 28.9. The highest BCUT2D eigenvalue weighted by Crippen LogP contribution is 2.23. The first-order chi connectivity index (χ1) is 19.6. The Morgan fingerprint density at radius 1 is 0.878 bits per heavy atom. The van der Waals surface area contributed by atoms with Gasteiger partial charge in [0.05, 0.1) is 11.9 Å². The van der Waals surface area contributed by atoms with E-state index in [9.17, 15) is 18.0 Å². The van der Waals surface area contributed by atoms with Gasteiger partial charge in [-0.05, 0) is 54.3 Å². The van der Waals surface area contributed by atoms with Gasteiger partial charge in [0.1, 0.15) is 6.04 Å². The molecule has 0 saturated heterocycles. The first kappa shape index (κ1) is 32.4. The highest BCUT2D eigenvalue weighted by Gasteiger charge is 2.30. The minimum Gasteiger partial charge on any atom is -0.354 e. The molecule has 220 valence electrons. The van der Waals surface area contributed by atoms with E-state index in [4.69, 9.17) is 23.2 Å². The largest absolute Gasteiger partial charge is 0.354 e. The maximum atomic E-state index is 13.8. The number of hydrogen-bond donors (Lipinski definition) is 1. The third kappa shape index (κ3) is 10.4. The van der Waals surface area contributed by atoms with Crippen molar-refractivity contribution in [3.8, 4) is 0 Å². The number of rotatable bonds is 15. The SMILES string of the molecule is CCCCNC(=O)C(Cc1ccccc1)N(Cc1ccc(Cl)cc1)C(=O)CCCN(c1cccc(Cl)c1)S(C)(=O)=O. The summed E-state index contributed by atoms with van der Waals surface area (Å²) < 4.78 is 26.4. The van der Waals surface area contributed by atoms with Crippen LogP contribution in [0.3, 0.4) is 0 Å². The number of nitrogens with one attached hydrogen (secondary N) is 1. The number of amides is 2. The molecule has 1 atom stereocenters. The van der Waals surface area contributed by atoms with Crippen LogP contribution < -0.4 is 9.62 Å². The van der Waals surface area contributed by atoms with Crippen LogP contribution in [0.2, 0.25) is 10.0 Å². The number of carbonyl (C=O) groups is 2. The maximum Gasteiger partial charge on any atom is 0.243 e. The van der Waals surface area contributed by atoms with Crippen molar-refractivity contribution in [2.75, 3.05) is 23.7 Å². The smallest absolute Gasteiger partial charge is 0.243 e. The molecule has 0 aliphatic heterocycles. The normalized spacial score (nSPS) is 12.0. The Morgan fingerprint density at radius 3 is 2.22 bits per heavy atom. The quantitative estimate of drug-likeness (QED) is 0.209. The summed E-state index contributed by atoms with van der Waals surface area (Å²) >= 11 is 12.2. The van der Waals surface area contributed by atoms with Crippen molar-refractivity contribution in [3.05, 3.63) is 100 Å². The molecule has 10 heteroatoms. The van der Waals surface area contributed by atoms with E-state index in [0.717, 1.165) is 30.2 Å². The summed E-state index contributed by atoms with van der Waals surface area (Å²) in [5.74, 6) is -0.465. The molecule has 1 N–H and O–H groups in total. The molecule has 0 fully saturated rings. The van der Waals surface area contributed by atoms with Gasteiger partial charge in [0.15, 0.2) is 0 Å². The summed E-state index contributed by atoms with van der Waals surface area (Å²) in [5, 5.41) is 3.99. The molecule has 0 aliphatic carbocycles. The lowest BCUT2D eigenvalue weighted by Crippen LogP contribution is -2.50. The highest BCUT2D eigenvalue weighted by atomic mass is 35.5. The number of unbranched alkanes of at least 4 members (excludes halogenated alkanes) is 1. The Hall–Kier alpha value is -3.07. The fraction of sp³-hybridized carbons (Fsp3) is 0.355. The van der Waals surface area contributed by atoms with Crippen LogP contribution in [0.5, 0.6) is 0 Å². The molecule has 0 aliphatic rings. The van der Waals surface area contributed by atoms with Gasteiger partial charge in [-0.15, -0.1) is 0 Å². The third-order valence-corrected chi connectivity index (χ3v) is 8.30. The number of anilines is 1. The zero-order chi connectivity index (χ0) is 29.8. The number of benzene rings is 3. The van der Waals surface area contributed by atoms with Gasteiger partial charge >= 0.3 is 0 Å². The van der Waals surface area contributed by atoms with Crippen LogP contribution in [0.15, 0.2) is 78.9 Å². The molecule has 0 aromatic heterocycles. The van der Waals surface area contributed by atoms with E-state index in [-0.39, 0.29) is 37.7 Å². The monoisotopic (exact) mass is 617 g/mol. The topological polar surface area (TPSA) is 86.8 Å². The third-order valence-electron chi connectivity index (χ3n) is 6.62. The zero-order valence-electron chi connectivity index (χ0n) is 23.4. The molecule has 0 heterocycles. The molecule has 3 aromatic rings. The van der Waals surface area contributed by atoms with Gasteiger partial charge in [-0.3, -0.25) is 13.9 Å². The number of nitrogens with zero attached hydrogens (tertiary/aromatic N) is 2. The van der Waals surface area contributed by atoms with Crippen LogP contribution >= 0.6 is 23.2 Å². The average Bonchev–Trinajstić information content (AvgIpc) is 2.94. The molecule has 41 heavy (non-hydrogen) atoms. The van der Waals surface area contributed by atoms with E-state index in [0.29, 0.717) is 28.7 Å². The lowest BCUT2D eigenvalue weighted by molar-refractivity contribution is -0.141. The van der Waals surface area contributed by atoms with E-state index < -0.39 is 16.1 Å². The van der Waals surface area contributed by atoms with Gasteiger partial charge in [0.25, 0.3) is 0 Å². The average molecular weight is 619 g/mol. The molecule has 1 unspecified atom stereocenters. The van der Waals surface area contributed by atoms with E-state index in [1.807, 2.05) is 49.4 Å². The molecule has 3 aromatic carbocycles. The first-order valence-corrected chi connectivity index (χ1v) is 16.3. The molecular weight excluding hydrogens is 581 g/mol. The Labute approximate surface area is 253 Å². The van der Waals surface area contributed by atoms with Gasteiger partial charge in [0, 0.05) is 42.5 Å². The van der Waals surface area contributed by atoms with Crippen LogP contribution in [-0.2, 0) is 32.6 Å². The van der Waals surface area contributed by atoms with E-state index in [1.54, 1.807) is 41.3 Å². The second-order valence-corrected chi connectivity index (χ2v) is 12.7. The zero-order valence-corrected chi connectivity index (χ0v) is 25.8. The van der Waals surface area contributed by atoms with Gasteiger partial charge < -0.3 is 10.2 Å². The molecule has 3 rings (SSSR count). The molecule has 2 amide bonds. The van der Waals surface area contributed by atoms with Crippen molar-refractivity contribution in [2.24, 2.45) is 0 Å². The Morgan fingerprint density at radius 2 is 1.59 bits per heavy atom. The predicted molar refractivity (Wildman–Crippen MR) is 167 cm³/mol. The predicted octanol–water partition coefficient (Wildman–Crippen LogP) is 6.10. The van der Waals surface area contributed by atoms with E-state index in [1.165, 1.54) is 4.31 Å². The summed E-state index contributed by atoms with van der Waals surface area (Å²) in [7, 11) is -3.62. The van der Waals surface area contributed by atoms with E-state index in [2.05, 4.69) is 5.32 Å². The number of hydrogen-bond acceptors (Lipinski definition) is 4. The second kappa shape index (κ2) is 15.8. The first-order valence-electron chi connectivity index (χ1n) is 13.7. The Kier molecular flexibility index (Phi) is 12.5. The Balaban J connectivity index is 1.86. The molecule has 0 spiro atoms. The van der Waals surface area contributed by atoms with Crippen LogP contribution in [-0.4, -0.2) is 50.5 Å². The molecule has 0 radical (unpaired) electrons. The summed E-state index contributed by atoms with van der Waals surface area (Å²) in [5.41, 5.74) is 2.20. The lowest BCUT2D eigenvalue weighted by atomic mass is 10.0. The number of sulfonamides is 1. The van der Waals surface area contributed by atoms with Crippen LogP contribution in [0, 0.1) is 0 Å². The summed E-state index contributed by atoms with van der Waals surface area (Å²) in [6, 6.07) is 22.6. The molecular formula is C31H37Cl2N3O4S. The van der Waals surface area contributed by atoms with Gasteiger partial charge in [-0.1, -0.05) is 85.1 Å². The molecule has 0 saturated carbocycles. The van der Waals surface area contributed by atoms with Crippen LogP contribution in [0.25, 0.3) is 0 Å². The minimum atomic E-state index is -3.62. The van der Waals surface area contributed by atoms with Crippen LogP contribution in [0.1, 0.15) is 43.7 Å². The van der Waals surface area contributed by atoms with Crippen molar-refractivity contribution >= 4 is 50.7 Å². The Bertz CT molecular complexity index is 1390. The van der Waals surface area contributed by atoms with Crippen molar-refractivity contribution < 1.29 is 18.0 Å². The van der Waals surface area contributed by atoms with Gasteiger partial charge in [-0.25, -0.2) is 8.42 Å². The molecule has 0 bridgehead atoms. The van der Waals surface area contributed by atoms with Gasteiger partial charge in [0.2, 0.25) is 21.8 Å². The number of halogens is 2. The van der Waals surface area contributed by atoms with Crippen molar-refractivity contribution in [2.45, 2.75) is 51.6 Å². The standard InChI is InChI=1S/C31H37Cl2N3O4S/c1-3-4-19-34-31(38)29(21-24-10-6-5-7-11-24)35(23-25-15-17-26(32)18-16-25)30(37)14-9-20-36(41(2,39)40)28-13-8-12-27(33)22-28/h5-8,10-13,15-18,22,29H,3-4,9,14,19-21,23H2,1-2H3,(H,34,38).